The van der Waals surface area contributed by atoms with Gasteiger partial charge in [-0.3, -0.25) is 4.90 Å². The van der Waals surface area contributed by atoms with Gasteiger partial charge in [0.05, 0.1) is 11.6 Å². The highest BCUT2D eigenvalue weighted by Crippen LogP contribution is 2.49. The van der Waals surface area contributed by atoms with Crippen molar-refractivity contribution in [3.63, 3.8) is 0 Å². The average Bonchev–Trinajstić information content (AvgIpc) is 3.02. The second kappa shape index (κ2) is 6.66. The highest BCUT2D eigenvalue weighted by molar-refractivity contribution is 7.80. The van der Waals surface area contributed by atoms with Crippen LogP contribution in [0.1, 0.15) is 39.5 Å². The maximum atomic E-state index is 5.69. The Morgan fingerprint density at radius 2 is 2.18 bits per heavy atom. The molecule has 100 valence electrons. The van der Waals surface area contributed by atoms with E-state index in [1.165, 1.54) is 19.3 Å². The molecule has 0 spiro atoms. The molecule has 1 saturated carbocycles. The fourth-order valence-corrected chi connectivity index (χ4v) is 2.60. The lowest BCUT2D eigenvalue weighted by Gasteiger charge is -2.32. The highest BCUT2D eigenvalue weighted by atomic mass is 32.1. The Labute approximate surface area is 111 Å². The first kappa shape index (κ1) is 14.9. The van der Waals surface area contributed by atoms with Gasteiger partial charge in [-0.1, -0.05) is 19.1 Å². The molecule has 1 aliphatic rings. The molecule has 3 nitrogen and oxygen atoms in total. The lowest BCUT2D eigenvalue weighted by Crippen LogP contribution is -2.40. The molecule has 0 heterocycles. The summed E-state index contributed by atoms with van der Waals surface area (Å²) in [6.45, 7) is 7.44. The summed E-state index contributed by atoms with van der Waals surface area (Å²) in [5.41, 5.74) is 6.07. The summed E-state index contributed by atoms with van der Waals surface area (Å²) in [4.78, 5) is 3.19. The molecule has 0 radical (unpaired) electrons. The smallest absolute Gasteiger partial charge is 0.0733 e. The monoisotopic (exact) mass is 258 g/mol. The van der Waals surface area contributed by atoms with Gasteiger partial charge in [0.1, 0.15) is 0 Å². The van der Waals surface area contributed by atoms with E-state index in [1.54, 1.807) is 7.11 Å². The molecule has 0 saturated heterocycles. The third-order valence-electron chi connectivity index (χ3n) is 3.84. The van der Waals surface area contributed by atoms with Crippen molar-refractivity contribution in [3.8, 4) is 0 Å². The first-order valence-corrected chi connectivity index (χ1v) is 6.95. The third kappa shape index (κ3) is 4.90. The number of rotatable bonds is 9. The van der Waals surface area contributed by atoms with Gasteiger partial charge in [0.2, 0.25) is 0 Å². The Morgan fingerprint density at radius 1 is 1.53 bits per heavy atom. The normalized spacial score (nSPS) is 19.3. The highest BCUT2D eigenvalue weighted by Gasteiger charge is 2.44. The second-order valence-corrected chi connectivity index (χ2v) is 5.89. The number of thiocarbonyl (C=S) groups is 1. The fourth-order valence-electron chi connectivity index (χ4n) is 2.29. The van der Waals surface area contributed by atoms with Gasteiger partial charge in [-0.15, -0.1) is 0 Å². The number of hydrogen-bond donors (Lipinski definition) is 1. The van der Waals surface area contributed by atoms with Gasteiger partial charge in [-0.2, -0.15) is 0 Å². The van der Waals surface area contributed by atoms with Crippen LogP contribution in [-0.4, -0.2) is 42.7 Å². The van der Waals surface area contributed by atoms with E-state index < -0.39 is 0 Å². The Morgan fingerprint density at radius 3 is 2.59 bits per heavy atom. The first-order chi connectivity index (χ1) is 8.03. The van der Waals surface area contributed by atoms with E-state index in [4.69, 9.17) is 22.7 Å². The summed E-state index contributed by atoms with van der Waals surface area (Å²) in [5, 5.41) is 0. The molecular formula is C13H26N2OS. The predicted molar refractivity (Wildman–Crippen MR) is 76.3 cm³/mol. The van der Waals surface area contributed by atoms with Crippen molar-refractivity contribution in [1.29, 1.82) is 0 Å². The SMILES string of the molecule is CCC(C)N(CCOC)CC1(CC(N)=S)CC1. The molecule has 1 atom stereocenters. The van der Waals surface area contributed by atoms with Crippen molar-refractivity contribution in [2.45, 2.75) is 45.6 Å². The van der Waals surface area contributed by atoms with E-state index in [1.807, 2.05) is 0 Å². The molecular weight excluding hydrogens is 232 g/mol. The summed E-state index contributed by atoms with van der Waals surface area (Å²) in [5.74, 6) is 0. The number of methoxy groups -OCH3 is 1. The van der Waals surface area contributed by atoms with Crippen molar-refractivity contribution < 1.29 is 4.74 Å². The van der Waals surface area contributed by atoms with Gasteiger partial charge in [-0.05, 0) is 31.6 Å². The second-order valence-electron chi connectivity index (χ2n) is 5.36. The Bertz CT molecular complexity index is 254. The van der Waals surface area contributed by atoms with E-state index in [2.05, 4.69) is 18.7 Å². The molecule has 1 rings (SSSR count). The molecule has 0 amide bonds. The lowest BCUT2D eigenvalue weighted by molar-refractivity contribution is 0.106. The molecule has 1 fully saturated rings. The van der Waals surface area contributed by atoms with Gasteiger partial charge >= 0.3 is 0 Å². The number of ether oxygens (including phenoxy) is 1. The molecule has 0 aliphatic heterocycles. The quantitative estimate of drug-likeness (QED) is 0.643. The van der Waals surface area contributed by atoms with Gasteiger partial charge in [0.15, 0.2) is 0 Å². The van der Waals surface area contributed by atoms with Gasteiger partial charge in [-0.25, -0.2) is 0 Å². The summed E-state index contributed by atoms with van der Waals surface area (Å²) in [6.07, 6.45) is 4.61. The largest absolute Gasteiger partial charge is 0.393 e. The maximum Gasteiger partial charge on any atom is 0.0733 e. The van der Waals surface area contributed by atoms with E-state index in [0.717, 1.165) is 26.1 Å². The summed E-state index contributed by atoms with van der Waals surface area (Å²) in [6, 6.07) is 0.606. The van der Waals surface area contributed by atoms with E-state index in [0.29, 0.717) is 16.4 Å². The minimum atomic E-state index is 0.378. The van der Waals surface area contributed by atoms with Crippen molar-refractivity contribution in [2.24, 2.45) is 11.1 Å². The number of hydrogen-bond acceptors (Lipinski definition) is 3. The topological polar surface area (TPSA) is 38.5 Å². The van der Waals surface area contributed by atoms with Crippen LogP contribution in [0, 0.1) is 5.41 Å². The molecule has 0 aromatic heterocycles. The van der Waals surface area contributed by atoms with E-state index in [9.17, 15) is 0 Å². The predicted octanol–water partition coefficient (Wildman–Crippen LogP) is 2.19. The zero-order valence-corrected chi connectivity index (χ0v) is 12.2. The van der Waals surface area contributed by atoms with Crippen LogP contribution in [0.3, 0.4) is 0 Å². The van der Waals surface area contributed by atoms with Crippen molar-refractivity contribution in [1.82, 2.24) is 4.90 Å². The summed E-state index contributed by atoms with van der Waals surface area (Å²) < 4.78 is 5.19. The van der Waals surface area contributed by atoms with Gasteiger partial charge < -0.3 is 10.5 Å². The summed E-state index contributed by atoms with van der Waals surface area (Å²) >= 11 is 5.05. The van der Waals surface area contributed by atoms with Crippen LogP contribution in [0.5, 0.6) is 0 Å². The van der Waals surface area contributed by atoms with Gasteiger partial charge in [0, 0.05) is 32.7 Å². The van der Waals surface area contributed by atoms with Crippen LogP contribution in [0.15, 0.2) is 0 Å². The molecule has 0 bridgehead atoms. The Kier molecular flexibility index (Phi) is 5.83. The Hall–Kier alpha value is -0.190. The van der Waals surface area contributed by atoms with Crippen LogP contribution in [0.2, 0.25) is 0 Å². The zero-order chi connectivity index (χ0) is 12.9. The minimum absolute atomic E-state index is 0.378. The van der Waals surface area contributed by atoms with Crippen LogP contribution in [0.4, 0.5) is 0 Å². The van der Waals surface area contributed by atoms with Crippen LogP contribution in [-0.2, 0) is 4.74 Å². The average molecular weight is 258 g/mol. The molecule has 0 aromatic rings. The molecule has 4 heteroatoms. The van der Waals surface area contributed by atoms with E-state index >= 15 is 0 Å². The number of nitrogens with zero attached hydrogens (tertiary/aromatic N) is 1. The fraction of sp³-hybridized carbons (Fsp3) is 0.923. The van der Waals surface area contributed by atoms with Crippen molar-refractivity contribution in [3.05, 3.63) is 0 Å². The van der Waals surface area contributed by atoms with E-state index in [-0.39, 0.29) is 0 Å². The van der Waals surface area contributed by atoms with Crippen LogP contribution in [0.25, 0.3) is 0 Å². The Balaban J connectivity index is 2.50. The first-order valence-electron chi connectivity index (χ1n) is 6.54. The standard InChI is InChI=1S/C13H26N2OS/c1-4-11(2)15(7-8-16-3)10-13(5-6-13)9-12(14)17/h11H,4-10H2,1-3H3,(H2,14,17). The number of nitrogens with two attached hydrogens (primary N) is 1. The molecule has 2 N–H and O–H groups in total. The molecule has 1 unspecified atom stereocenters. The third-order valence-corrected chi connectivity index (χ3v) is 3.99. The molecule has 1 aliphatic carbocycles. The van der Waals surface area contributed by atoms with Crippen molar-refractivity contribution >= 4 is 17.2 Å². The van der Waals surface area contributed by atoms with Gasteiger partial charge in [0.25, 0.3) is 0 Å². The summed E-state index contributed by atoms with van der Waals surface area (Å²) in [7, 11) is 1.76. The van der Waals surface area contributed by atoms with Crippen LogP contribution >= 0.6 is 12.2 Å². The maximum absolute atomic E-state index is 5.69. The lowest BCUT2D eigenvalue weighted by atomic mass is 10.0. The molecule has 0 aromatic carbocycles. The van der Waals surface area contributed by atoms with Crippen molar-refractivity contribution in [2.75, 3.05) is 26.8 Å². The minimum Gasteiger partial charge on any atom is -0.393 e. The molecule has 17 heavy (non-hydrogen) atoms. The van der Waals surface area contributed by atoms with Crippen LogP contribution < -0.4 is 5.73 Å². The zero-order valence-electron chi connectivity index (χ0n) is 11.4.